The fraction of sp³-hybridized carbons (Fsp3) is 0.778. The molecule has 7 nitrogen and oxygen atoms in total. The molecular weight excluding hydrogens is 599 g/mol. The first-order valence-electron chi connectivity index (χ1n) is 13.2. The number of hydrogen-bond donors (Lipinski definition) is 2. The Labute approximate surface area is 243 Å². The van der Waals surface area contributed by atoms with Gasteiger partial charge in [0.05, 0.1) is 26.0 Å². The zero-order valence-corrected chi connectivity index (χ0v) is 23.6. The van der Waals surface area contributed by atoms with Crippen molar-refractivity contribution in [2.24, 2.45) is 0 Å². The first kappa shape index (κ1) is 36.5. The monoisotopic (exact) mass is 647 g/mol. The number of carbonyl (C=O) groups is 3. The van der Waals surface area contributed by atoms with E-state index in [1.807, 2.05) is 0 Å². The molecule has 2 N–H and O–H groups in total. The first-order chi connectivity index (χ1) is 16.5. The van der Waals surface area contributed by atoms with Gasteiger partial charge in [0, 0.05) is 50.3 Å². The number of unbranched alkanes of at least 4 members (excludes halogenated alkanes) is 11. The molecule has 1 radical (unpaired) electrons. The van der Waals surface area contributed by atoms with E-state index in [2.05, 4.69) is 31.3 Å². The van der Waals surface area contributed by atoms with Gasteiger partial charge in [0.25, 0.3) is 0 Å². The number of amides is 1. The summed E-state index contributed by atoms with van der Waals surface area (Å²) in [5.41, 5.74) is 0. The summed E-state index contributed by atoms with van der Waals surface area (Å²) in [6, 6.07) is 0. The standard InChI is InChI=1S/C27H48NO6.Ho/c1-3-4-5-6-7-8-9-10-11-12-13-14-15-16-17-18-25(30)28-21-22-33-26(31)19-20-27(32)34-24(2)23-29;/h10-11,24,29H,2-9,12-23H2,1H3,(H,28,30);/q-1;/b11-10-;. The summed E-state index contributed by atoms with van der Waals surface area (Å²) in [6.07, 6.45) is 19.9. The minimum Gasteiger partial charge on any atom is -0.493 e. The molecule has 1 atom stereocenters. The van der Waals surface area contributed by atoms with Crippen LogP contribution < -0.4 is 5.32 Å². The van der Waals surface area contributed by atoms with Gasteiger partial charge in [-0.25, -0.2) is 0 Å². The molecule has 1 unspecified atom stereocenters. The minimum absolute atomic E-state index is 0. The zero-order chi connectivity index (χ0) is 25.3. The fourth-order valence-corrected chi connectivity index (χ4v) is 3.36. The Morgan fingerprint density at radius 1 is 0.829 bits per heavy atom. The van der Waals surface area contributed by atoms with Crippen LogP contribution in [0, 0.1) is 44.7 Å². The van der Waals surface area contributed by atoms with Crippen LogP contribution in [0.1, 0.15) is 110 Å². The van der Waals surface area contributed by atoms with Gasteiger partial charge >= 0.3 is 11.9 Å². The van der Waals surface area contributed by atoms with Crippen LogP contribution in [0.15, 0.2) is 12.2 Å². The van der Waals surface area contributed by atoms with Crippen molar-refractivity contribution in [3.05, 3.63) is 19.1 Å². The molecule has 0 bridgehead atoms. The molecule has 0 saturated heterocycles. The maximum absolute atomic E-state index is 11.8. The largest absolute Gasteiger partial charge is 0.493 e. The molecule has 0 spiro atoms. The Balaban J connectivity index is 0. The van der Waals surface area contributed by atoms with Crippen molar-refractivity contribution in [3.63, 3.8) is 0 Å². The number of aliphatic hydroxyl groups excluding tert-OH is 1. The molecule has 35 heavy (non-hydrogen) atoms. The van der Waals surface area contributed by atoms with E-state index in [-0.39, 0.29) is 76.2 Å². The number of allylic oxidation sites excluding steroid dienone is 2. The SMILES string of the molecule is [CH2-]C(CO)OC(=O)CCC(=O)OCCNC(=O)CCCCCCC/C=C\CCCCCCCC.[Ho]. The van der Waals surface area contributed by atoms with E-state index in [1.165, 1.54) is 57.8 Å². The van der Waals surface area contributed by atoms with E-state index < -0.39 is 18.0 Å². The van der Waals surface area contributed by atoms with Crippen LogP contribution in [0.5, 0.6) is 0 Å². The van der Waals surface area contributed by atoms with Crippen molar-refractivity contribution in [3.8, 4) is 0 Å². The Kier molecular flexibility index (Phi) is 29.2. The van der Waals surface area contributed by atoms with Crippen LogP contribution in [-0.2, 0) is 23.9 Å². The quantitative estimate of drug-likeness (QED) is 0.0520. The molecule has 0 heterocycles. The average Bonchev–Trinajstić information content (AvgIpc) is 2.82. The van der Waals surface area contributed by atoms with Crippen molar-refractivity contribution >= 4 is 17.8 Å². The normalized spacial score (nSPS) is 11.6. The number of rotatable bonds is 23. The summed E-state index contributed by atoms with van der Waals surface area (Å²) in [7, 11) is 0. The summed E-state index contributed by atoms with van der Waals surface area (Å²) in [5.74, 6) is -1.19. The van der Waals surface area contributed by atoms with Crippen LogP contribution in [-0.4, -0.2) is 48.8 Å². The Morgan fingerprint density at radius 3 is 1.97 bits per heavy atom. The summed E-state index contributed by atoms with van der Waals surface area (Å²) in [4.78, 5) is 34.8. The second kappa shape index (κ2) is 27.9. The third-order valence-electron chi connectivity index (χ3n) is 5.39. The van der Waals surface area contributed by atoms with Crippen molar-refractivity contribution in [2.45, 2.75) is 116 Å². The number of hydrogen-bond acceptors (Lipinski definition) is 6. The Bertz CT molecular complexity index is 556. The number of ether oxygens (including phenoxy) is 2. The average molecular weight is 648 g/mol. The second-order valence-electron chi connectivity index (χ2n) is 8.70. The smallest absolute Gasteiger partial charge is 0.306 e. The molecule has 0 aliphatic carbocycles. The van der Waals surface area contributed by atoms with Gasteiger partial charge in [-0.3, -0.25) is 14.4 Å². The van der Waals surface area contributed by atoms with Crippen LogP contribution in [0.25, 0.3) is 0 Å². The summed E-state index contributed by atoms with van der Waals surface area (Å²) in [5, 5.41) is 11.5. The summed E-state index contributed by atoms with van der Waals surface area (Å²) < 4.78 is 9.72. The minimum atomic E-state index is -0.833. The number of aliphatic hydroxyl groups is 1. The molecule has 0 aromatic heterocycles. The second-order valence-corrected chi connectivity index (χ2v) is 8.70. The molecule has 209 valence electrons. The Hall–Kier alpha value is -0.630. The van der Waals surface area contributed by atoms with Gasteiger partial charge in [0.2, 0.25) is 5.91 Å². The third kappa shape index (κ3) is 27.8. The molecule has 0 aromatic rings. The molecule has 0 fully saturated rings. The van der Waals surface area contributed by atoms with Crippen LogP contribution in [0.2, 0.25) is 0 Å². The van der Waals surface area contributed by atoms with E-state index in [0.29, 0.717) is 6.42 Å². The maximum Gasteiger partial charge on any atom is 0.306 e. The van der Waals surface area contributed by atoms with E-state index in [0.717, 1.165) is 25.7 Å². The number of esters is 2. The number of carbonyl (C=O) groups excluding carboxylic acids is 3. The van der Waals surface area contributed by atoms with E-state index >= 15 is 0 Å². The van der Waals surface area contributed by atoms with Crippen LogP contribution >= 0.6 is 0 Å². The summed E-state index contributed by atoms with van der Waals surface area (Å²) >= 11 is 0. The first-order valence-corrected chi connectivity index (χ1v) is 13.2. The van der Waals surface area contributed by atoms with Gasteiger partial charge in [-0.05, 0) is 32.1 Å². The van der Waals surface area contributed by atoms with E-state index in [9.17, 15) is 14.4 Å². The van der Waals surface area contributed by atoms with Gasteiger partial charge in [0.1, 0.15) is 6.61 Å². The van der Waals surface area contributed by atoms with Gasteiger partial charge in [-0.15, -0.1) is 0 Å². The van der Waals surface area contributed by atoms with Crippen LogP contribution in [0.3, 0.4) is 0 Å². The maximum atomic E-state index is 11.8. The molecule has 0 aromatic carbocycles. The van der Waals surface area contributed by atoms with E-state index in [1.54, 1.807) is 0 Å². The molecule has 0 aliphatic rings. The molecule has 8 heteroatoms. The van der Waals surface area contributed by atoms with Crippen molar-refractivity contribution in [1.82, 2.24) is 5.32 Å². The topological polar surface area (TPSA) is 102 Å². The van der Waals surface area contributed by atoms with E-state index in [4.69, 9.17) is 14.6 Å². The predicted molar refractivity (Wildman–Crippen MR) is 135 cm³/mol. The number of nitrogens with one attached hydrogen (secondary N) is 1. The predicted octanol–water partition coefficient (Wildman–Crippen LogP) is 5.20. The molecule has 0 rings (SSSR count). The van der Waals surface area contributed by atoms with Gasteiger partial charge in [0.15, 0.2) is 0 Å². The third-order valence-corrected chi connectivity index (χ3v) is 5.39. The molecular formula is C27H48HoNO6-. The van der Waals surface area contributed by atoms with Crippen molar-refractivity contribution in [2.75, 3.05) is 19.8 Å². The summed E-state index contributed by atoms with van der Waals surface area (Å²) in [6.45, 7) is 5.62. The van der Waals surface area contributed by atoms with Gasteiger partial charge in [-0.2, -0.15) is 0 Å². The fourth-order valence-electron chi connectivity index (χ4n) is 3.36. The van der Waals surface area contributed by atoms with Gasteiger partial charge in [-0.1, -0.05) is 70.4 Å². The van der Waals surface area contributed by atoms with Crippen molar-refractivity contribution < 1.29 is 66.7 Å². The zero-order valence-electron chi connectivity index (χ0n) is 21.7. The molecule has 1 amide bonds. The van der Waals surface area contributed by atoms with Gasteiger partial charge < -0.3 is 26.8 Å². The van der Waals surface area contributed by atoms with Crippen molar-refractivity contribution in [1.29, 1.82) is 0 Å². The Morgan fingerprint density at radius 2 is 1.37 bits per heavy atom. The molecule has 0 aliphatic heterocycles. The van der Waals surface area contributed by atoms with Crippen LogP contribution in [0.4, 0.5) is 0 Å². The molecule has 0 saturated carbocycles.